The monoisotopic (exact) mass is 457 g/mol. The van der Waals surface area contributed by atoms with Crippen molar-refractivity contribution in [2.45, 2.75) is 53.1 Å². The molecule has 0 spiro atoms. The fraction of sp³-hybridized carbons (Fsp3) is 0.480. The van der Waals surface area contributed by atoms with Gasteiger partial charge in [0.15, 0.2) is 0 Å². The van der Waals surface area contributed by atoms with Gasteiger partial charge in [-0.1, -0.05) is 13.8 Å². The number of hydrogen-bond donors (Lipinski definition) is 1. The van der Waals surface area contributed by atoms with Crippen molar-refractivity contribution in [2.24, 2.45) is 18.7 Å². The number of ether oxygens (including phenoxy) is 3. The molecule has 2 aromatic heterocycles. The van der Waals surface area contributed by atoms with Crippen LogP contribution in [0.3, 0.4) is 0 Å². The lowest BCUT2D eigenvalue weighted by Gasteiger charge is -2.16. The fourth-order valence-corrected chi connectivity index (χ4v) is 3.40. The molecule has 8 nitrogen and oxygen atoms in total. The smallest absolute Gasteiger partial charge is 0.405 e. The second-order valence-corrected chi connectivity index (χ2v) is 9.20. The molecule has 0 radical (unpaired) electrons. The van der Waals surface area contributed by atoms with Crippen molar-refractivity contribution in [3.05, 3.63) is 40.8 Å². The molecule has 1 aromatic carbocycles. The highest BCUT2D eigenvalue weighted by Gasteiger charge is 2.14. The highest BCUT2D eigenvalue weighted by Crippen LogP contribution is 2.29. The van der Waals surface area contributed by atoms with E-state index in [4.69, 9.17) is 15.2 Å². The molecule has 3 rings (SSSR count). The molecule has 3 aromatic rings. The molecule has 0 aliphatic rings. The fourth-order valence-electron chi connectivity index (χ4n) is 3.40. The molecular formula is C25H35N3O5. The number of carbonyl (C=O) groups excluding carboxylic acids is 1. The SMILES string of the molecule is CC(C)(C)OC(N)=O.COc1nccc2c1c(=O)n(C)c1cc(OCCCC(C)C)ccc21. The number of fused-ring (bicyclic) bond motifs is 3. The summed E-state index contributed by atoms with van der Waals surface area (Å²) in [6, 6.07) is 7.73. The van der Waals surface area contributed by atoms with Crippen molar-refractivity contribution in [3.63, 3.8) is 0 Å². The van der Waals surface area contributed by atoms with Crippen LogP contribution in [-0.4, -0.2) is 35.0 Å². The first-order valence-corrected chi connectivity index (χ1v) is 11.0. The molecule has 0 atom stereocenters. The van der Waals surface area contributed by atoms with E-state index in [1.807, 2.05) is 24.3 Å². The molecule has 0 unspecified atom stereocenters. The number of methoxy groups -OCH3 is 1. The van der Waals surface area contributed by atoms with Gasteiger partial charge >= 0.3 is 6.09 Å². The van der Waals surface area contributed by atoms with Gasteiger partial charge in [-0.05, 0) is 57.7 Å². The van der Waals surface area contributed by atoms with Crippen LogP contribution >= 0.6 is 0 Å². The highest BCUT2D eigenvalue weighted by molar-refractivity contribution is 6.07. The molecule has 0 aliphatic carbocycles. The van der Waals surface area contributed by atoms with Crippen LogP contribution in [0.4, 0.5) is 4.79 Å². The van der Waals surface area contributed by atoms with E-state index in [-0.39, 0.29) is 5.56 Å². The molecule has 2 heterocycles. The number of primary amides is 1. The number of carbonyl (C=O) groups is 1. The van der Waals surface area contributed by atoms with Gasteiger partial charge < -0.3 is 24.5 Å². The Kier molecular flexibility index (Phi) is 8.68. The van der Waals surface area contributed by atoms with Crippen molar-refractivity contribution >= 4 is 27.8 Å². The third kappa shape index (κ3) is 7.10. The third-order valence-corrected chi connectivity index (χ3v) is 4.85. The summed E-state index contributed by atoms with van der Waals surface area (Å²) in [5.74, 6) is 1.82. The summed E-state index contributed by atoms with van der Waals surface area (Å²) in [4.78, 5) is 26.9. The number of nitrogens with two attached hydrogens (primary N) is 1. The topological polar surface area (TPSA) is 106 Å². The molecule has 180 valence electrons. The summed E-state index contributed by atoms with van der Waals surface area (Å²) in [6.07, 6.45) is 3.10. The second kappa shape index (κ2) is 11.0. The summed E-state index contributed by atoms with van der Waals surface area (Å²) >= 11 is 0. The molecule has 33 heavy (non-hydrogen) atoms. The van der Waals surface area contributed by atoms with Gasteiger partial charge in [0, 0.05) is 30.1 Å². The molecule has 8 heteroatoms. The number of rotatable bonds is 6. The minimum atomic E-state index is -0.725. The Morgan fingerprint density at radius 3 is 2.42 bits per heavy atom. The first kappa shape index (κ1) is 26.0. The average Bonchev–Trinajstić information content (AvgIpc) is 2.73. The van der Waals surface area contributed by atoms with Crippen LogP contribution < -0.4 is 20.8 Å². The van der Waals surface area contributed by atoms with E-state index in [0.717, 1.165) is 34.9 Å². The van der Waals surface area contributed by atoms with Gasteiger partial charge in [0.25, 0.3) is 5.56 Å². The zero-order valence-electron chi connectivity index (χ0n) is 20.6. The van der Waals surface area contributed by atoms with Gasteiger partial charge in [0.1, 0.15) is 16.7 Å². The molecular weight excluding hydrogens is 422 g/mol. The largest absolute Gasteiger partial charge is 0.494 e. The summed E-state index contributed by atoms with van der Waals surface area (Å²) in [6.45, 7) is 10.4. The molecule has 1 amide bonds. The average molecular weight is 458 g/mol. The predicted octanol–water partition coefficient (Wildman–Crippen LogP) is 4.79. The van der Waals surface area contributed by atoms with Crippen LogP contribution in [0.5, 0.6) is 11.6 Å². The number of benzene rings is 1. The molecule has 0 saturated heterocycles. The highest BCUT2D eigenvalue weighted by atomic mass is 16.6. The van der Waals surface area contributed by atoms with E-state index in [0.29, 0.717) is 23.8 Å². The molecule has 0 aliphatic heterocycles. The summed E-state index contributed by atoms with van der Waals surface area (Å²) in [5.41, 5.74) is 4.98. The van der Waals surface area contributed by atoms with E-state index >= 15 is 0 Å². The van der Waals surface area contributed by atoms with Gasteiger partial charge in [0.2, 0.25) is 5.88 Å². The Bertz CT molecular complexity index is 1160. The predicted molar refractivity (Wildman–Crippen MR) is 131 cm³/mol. The van der Waals surface area contributed by atoms with Gasteiger partial charge in [-0.2, -0.15) is 0 Å². The maximum Gasteiger partial charge on any atom is 0.405 e. The molecule has 0 bridgehead atoms. The van der Waals surface area contributed by atoms with Crippen LogP contribution in [0.1, 0.15) is 47.5 Å². The van der Waals surface area contributed by atoms with E-state index in [2.05, 4.69) is 23.6 Å². The van der Waals surface area contributed by atoms with Crippen molar-refractivity contribution in [1.82, 2.24) is 9.55 Å². The first-order chi connectivity index (χ1) is 15.4. The minimum absolute atomic E-state index is 0.121. The maximum atomic E-state index is 12.8. The Labute approximate surface area is 194 Å². The number of nitrogens with zero attached hydrogens (tertiary/aromatic N) is 2. The van der Waals surface area contributed by atoms with Crippen LogP contribution in [0, 0.1) is 5.92 Å². The standard InChI is InChI=1S/C20H24N2O3.C5H11NO2/c1-13(2)6-5-11-25-14-7-8-15-16-9-10-21-19(24-4)18(16)20(23)22(3)17(15)12-14;1-5(2,3)8-4(6)7/h7-10,12-13H,5-6,11H2,1-4H3;1-3H3,(H2,6,7). The van der Waals surface area contributed by atoms with E-state index < -0.39 is 11.7 Å². The molecule has 0 fully saturated rings. The van der Waals surface area contributed by atoms with Gasteiger partial charge in [-0.3, -0.25) is 4.79 Å². The van der Waals surface area contributed by atoms with Gasteiger partial charge in [-0.25, -0.2) is 9.78 Å². The lowest BCUT2D eigenvalue weighted by molar-refractivity contribution is 0.0600. The number of aryl methyl sites for hydroxylation is 1. The van der Waals surface area contributed by atoms with E-state index in [9.17, 15) is 9.59 Å². The molecule has 0 saturated carbocycles. The Morgan fingerprint density at radius 1 is 1.18 bits per heavy atom. The van der Waals surface area contributed by atoms with Gasteiger partial charge in [0.05, 0.1) is 19.2 Å². The number of amides is 1. The Hall–Kier alpha value is -3.29. The van der Waals surface area contributed by atoms with E-state index in [1.54, 1.807) is 38.6 Å². The van der Waals surface area contributed by atoms with Crippen LogP contribution in [0.25, 0.3) is 21.7 Å². The summed E-state index contributed by atoms with van der Waals surface area (Å²) in [5, 5.41) is 2.33. The van der Waals surface area contributed by atoms with Gasteiger partial charge in [-0.15, -0.1) is 0 Å². The van der Waals surface area contributed by atoms with E-state index in [1.165, 1.54) is 7.11 Å². The van der Waals surface area contributed by atoms with Crippen molar-refractivity contribution in [2.75, 3.05) is 13.7 Å². The quantitative estimate of drug-likeness (QED) is 0.421. The van der Waals surface area contributed by atoms with Crippen molar-refractivity contribution in [3.8, 4) is 11.6 Å². The van der Waals surface area contributed by atoms with Crippen LogP contribution in [0.2, 0.25) is 0 Å². The van der Waals surface area contributed by atoms with Crippen molar-refractivity contribution < 1.29 is 19.0 Å². The lowest BCUT2D eigenvalue weighted by Crippen LogP contribution is -2.27. The lowest BCUT2D eigenvalue weighted by atomic mass is 10.1. The first-order valence-electron chi connectivity index (χ1n) is 11.0. The minimum Gasteiger partial charge on any atom is -0.494 e. The Morgan fingerprint density at radius 2 is 1.88 bits per heavy atom. The second-order valence-electron chi connectivity index (χ2n) is 9.20. The number of pyridine rings is 2. The number of hydrogen-bond acceptors (Lipinski definition) is 6. The molecule has 2 N–H and O–H groups in total. The summed E-state index contributed by atoms with van der Waals surface area (Å²) < 4.78 is 17.3. The Balaban J connectivity index is 0.000000414. The maximum absolute atomic E-state index is 12.8. The van der Waals surface area contributed by atoms with Crippen LogP contribution in [-0.2, 0) is 11.8 Å². The zero-order valence-corrected chi connectivity index (χ0v) is 20.6. The van der Waals surface area contributed by atoms with Crippen LogP contribution in [0.15, 0.2) is 35.3 Å². The third-order valence-electron chi connectivity index (χ3n) is 4.85. The zero-order chi connectivity index (χ0) is 24.8. The van der Waals surface area contributed by atoms with Crippen molar-refractivity contribution in [1.29, 1.82) is 0 Å². The number of aromatic nitrogens is 2. The normalized spacial score (nSPS) is 11.3. The summed E-state index contributed by atoms with van der Waals surface area (Å²) in [7, 11) is 3.29.